The highest BCUT2D eigenvalue weighted by Gasteiger charge is 2.39. The third-order valence-corrected chi connectivity index (χ3v) is 10.6. The third-order valence-electron chi connectivity index (χ3n) is 5.58. The molecule has 0 aromatic heterocycles. The summed E-state index contributed by atoms with van der Waals surface area (Å²) in [6.07, 6.45) is 1.63. The van der Waals surface area contributed by atoms with Crippen LogP contribution in [0.4, 0.5) is 0 Å². The van der Waals surface area contributed by atoms with Crippen molar-refractivity contribution in [2.75, 3.05) is 0 Å². The second-order valence-corrected chi connectivity index (χ2v) is 14.4. The molecule has 2 rings (SSSR count). The fourth-order valence-corrected chi connectivity index (χ4v) is 4.24. The average Bonchev–Trinajstić information content (AvgIpc) is 2.65. The topological polar surface area (TPSA) is 63.6 Å². The molecular formula is C24H28Cl2O4Si. The molecule has 4 nitrogen and oxygen atoms in total. The number of hydrogen-bond donors (Lipinski definition) is 1. The lowest BCUT2D eigenvalue weighted by atomic mass is 10.0. The summed E-state index contributed by atoms with van der Waals surface area (Å²) in [4.78, 5) is 24.5. The molecule has 0 saturated carbocycles. The van der Waals surface area contributed by atoms with Gasteiger partial charge in [-0.2, -0.15) is 0 Å². The van der Waals surface area contributed by atoms with E-state index in [-0.39, 0.29) is 27.1 Å². The van der Waals surface area contributed by atoms with Crippen LogP contribution in [-0.2, 0) is 16.0 Å². The maximum atomic E-state index is 12.8. The quantitative estimate of drug-likeness (QED) is 0.191. The number of carbonyl (C=O) groups is 2. The van der Waals surface area contributed by atoms with E-state index in [0.29, 0.717) is 12.0 Å². The zero-order valence-corrected chi connectivity index (χ0v) is 21.0. The Labute approximate surface area is 195 Å². The van der Waals surface area contributed by atoms with E-state index >= 15 is 0 Å². The van der Waals surface area contributed by atoms with Crippen LogP contribution in [0.25, 0.3) is 6.08 Å². The highest BCUT2D eigenvalue weighted by molar-refractivity contribution is 6.74. The van der Waals surface area contributed by atoms with Crippen LogP contribution in [0.15, 0.2) is 48.0 Å². The first-order valence-electron chi connectivity index (χ1n) is 10.0. The number of hydrogen-bond acceptors (Lipinski definition) is 3. The van der Waals surface area contributed by atoms with Gasteiger partial charge < -0.3 is 9.53 Å². The molecule has 0 fully saturated rings. The summed E-state index contributed by atoms with van der Waals surface area (Å²) in [6, 6.07) is 12.4. The van der Waals surface area contributed by atoms with E-state index in [1.54, 1.807) is 18.2 Å². The molecule has 0 radical (unpaired) electrons. The average molecular weight is 479 g/mol. The minimum atomic E-state index is -2.06. The SMILES string of the molecule is CC(C)(C)[Si](C)(C)Oc1ccccc1CCC(=O)C(=Cc1c(Cl)cccc1Cl)C(=O)O. The van der Waals surface area contributed by atoms with Crippen LogP contribution in [0.5, 0.6) is 5.75 Å². The van der Waals surface area contributed by atoms with E-state index in [1.807, 2.05) is 24.3 Å². The minimum absolute atomic E-state index is 0.0259. The second-order valence-electron chi connectivity index (χ2n) is 8.89. The molecular weight excluding hydrogens is 451 g/mol. The summed E-state index contributed by atoms with van der Waals surface area (Å²) in [5, 5.41) is 10.2. The summed E-state index contributed by atoms with van der Waals surface area (Å²) in [5.74, 6) is -1.06. The third kappa shape index (κ3) is 6.45. The number of ketones is 1. The Morgan fingerprint density at radius 1 is 1.03 bits per heavy atom. The van der Waals surface area contributed by atoms with Gasteiger partial charge in [0.1, 0.15) is 11.3 Å². The number of carbonyl (C=O) groups excluding carboxylic acids is 1. The van der Waals surface area contributed by atoms with E-state index in [2.05, 4.69) is 33.9 Å². The summed E-state index contributed by atoms with van der Waals surface area (Å²) in [7, 11) is -2.06. The predicted molar refractivity (Wildman–Crippen MR) is 130 cm³/mol. The minimum Gasteiger partial charge on any atom is -0.543 e. The molecule has 0 spiro atoms. The van der Waals surface area contributed by atoms with Gasteiger partial charge >= 0.3 is 5.97 Å². The summed E-state index contributed by atoms with van der Waals surface area (Å²) in [6.45, 7) is 10.8. The number of carboxylic acids is 1. The Balaban J connectivity index is 2.25. The van der Waals surface area contributed by atoms with Crippen molar-refractivity contribution in [2.45, 2.75) is 51.7 Å². The van der Waals surface area contributed by atoms with Gasteiger partial charge in [-0.1, -0.05) is 68.2 Å². The van der Waals surface area contributed by atoms with Crippen molar-refractivity contribution in [1.29, 1.82) is 0 Å². The zero-order valence-electron chi connectivity index (χ0n) is 18.5. The van der Waals surface area contributed by atoms with Crippen LogP contribution >= 0.6 is 23.2 Å². The number of para-hydroxylation sites is 1. The molecule has 0 aliphatic heterocycles. The van der Waals surface area contributed by atoms with Gasteiger partial charge in [-0.3, -0.25) is 4.79 Å². The predicted octanol–water partition coefficient (Wildman–Crippen LogP) is 7.05. The van der Waals surface area contributed by atoms with Crippen LogP contribution in [0.3, 0.4) is 0 Å². The normalized spacial score (nSPS) is 12.5. The van der Waals surface area contributed by atoms with E-state index < -0.39 is 20.1 Å². The van der Waals surface area contributed by atoms with Gasteiger partial charge in [-0.25, -0.2) is 4.79 Å². The monoisotopic (exact) mass is 478 g/mol. The number of rotatable bonds is 8. The molecule has 0 bridgehead atoms. The summed E-state index contributed by atoms with van der Waals surface area (Å²) >= 11 is 12.3. The highest BCUT2D eigenvalue weighted by Crippen LogP contribution is 2.38. The smallest absolute Gasteiger partial charge is 0.339 e. The van der Waals surface area contributed by atoms with E-state index in [9.17, 15) is 14.7 Å². The summed E-state index contributed by atoms with van der Waals surface area (Å²) < 4.78 is 6.43. The number of Topliss-reactive ketones (excluding diaryl/α,β-unsaturated/α-hetero) is 1. The number of carboxylic acid groups (broad SMARTS) is 1. The van der Waals surface area contributed by atoms with Crippen molar-refractivity contribution in [3.63, 3.8) is 0 Å². The van der Waals surface area contributed by atoms with E-state index in [0.717, 1.165) is 11.3 Å². The first-order valence-corrected chi connectivity index (χ1v) is 13.7. The zero-order chi connectivity index (χ0) is 23.4. The lowest BCUT2D eigenvalue weighted by molar-refractivity contribution is -0.134. The van der Waals surface area contributed by atoms with Crippen molar-refractivity contribution in [3.8, 4) is 5.75 Å². The van der Waals surface area contributed by atoms with Gasteiger partial charge in [-0.05, 0) is 54.4 Å². The molecule has 166 valence electrons. The molecule has 0 aliphatic rings. The number of aliphatic carboxylic acids is 1. The molecule has 31 heavy (non-hydrogen) atoms. The van der Waals surface area contributed by atoms with Crippen LogP contribution < -0.4 is 4.43 Å². The fraction of sp³-hybridized carbons (Fsp3) is 0.333. The molecule has 2 aromatic rings. The van der Waals surface area contributed by atoms with Gasteiger partial charge in [0.15, 0.2) is 5.78 Å². The number of benzene rings is 2. The largest absolute Gasteiger partial charge is 0.543 e. The van der Waals surface area contributed by atoms with Crippen molar-refractivity contribution in [3.05, 3.63) is 69.2 Å². The van der Waals surface area contributed by atoms with Gasteiger partial charge in [0.05, 0.1) is 0 Å². The molecule has 2 aromatic carbocycles. The Morgan fingerprint density at radius 2 is 1.61 bits per heavy atom. The molecule has 0 heterocycles. The van der Waals surface area contributed by atoms with Crippen molar-refractivity contribution >= 4 is 49.3 Å². The first-order chi connectivity index (χ1) is 14.3. The summed E-state index contributed by atoms with van der Waals surface area (Å²) in [5.41, 5.74) is 0.845. The molecule has 0 amide bonds. The van der Waals surface area contributed by atoms with E-state index in [4.69, 9.17) is 27.6 Å². The first kappa shape index (κ1) is 25.2. The standard InChI is InChI=1S/C24H28Cl2O4Si/c1-24(2,3)31(4,5)30-22-12-7-6-9-16(22)13-14-21(27)18(23(28)29)15-17-19(25)10-8-11-20(17)26/h6-12,15H,13-14H2,1-5H3,(H,28,29). The number of halogens is 2. The fourth-order valence-electron chi connectivity index (χ4n) is 2.68. The van der Waals surface area contributed by atoms with Crippen molar-refractivity contribution < 1.29 is 19.1 Å². The van der Waals surface area contributed by atoms with Crippen LogP contribution in [0.1, 0.15) is 38.3 Å². The van der Waals surface area contributed by atoms with E-state index in [1.165, 1.54) is 6.08 Å². The molecule has 0 aliphatic carbocycles. The Morgan fingerprint density at radius 3 is 2.16 bits per heavy atom. The molecule has 0 unspecified atom stereocenters. The van der Waals surface area contributed by atoms with Gasteiger partial charge in [0, 0.05) is 22.0 Å². The van der Waals surface area contributed by atoms with Crippen LogP contribution in [0.2, 0.25) is 28.2 Å². The van der Waals surface area contributed by atoms with Gasteiger partial charge in [-0.15, -0.1) is 0 Å². The van der Waals surface area contributed by atoms with Crippen LogP contribution in [0, 0.1) is 0 Å². The highest BCUT2D eigenvalue weighted by atomic mass is 35.5. The second kappa shape index (κ2) is 10.0. The lowest BCUT2D eigenvalue weighted by Gasteiger charge is -2.37. The maximum absolute atomic E-state index is 12.8. The lowest BCUT2D eigenvalue weighted by Crippen LogP contribution is -2.44. The Kier molecular flexibility index (Phi) is 8.14. The van der Waals surface area contributed by atoms with Crippen molar-refractivity contribution in [2.24, 2.45) is 0 Å². The van der Waals surface area contributed by atoms with Gasteiger partial charge in [0.25, 0.3) is 0 Å². The Bertz CT molecular complexity index is 987. The molecule has 7 heteroatoms. The van der Waals surface area contributed by atoms with Crippen LogP contribution in [-0.4, -0.2) is 25.2 Å². The Hall–Kier alpha value is -2.08. The molecule has 0 atom stereocenters. The number of aryl methyl sites for hydroxylation is 1. The molecule has 1 N–H and O–H groups in total. The molecule has 0 saturated heterocycles. The maximum Gasteiger partial charge on any atom is 0.339 e. The van der Waals surface area contributed by atoms with Crippen molar-refractivity contribution in [1.82, 2.24) is 0 Å². The van der Waals surface area contributed by atoms with Gasteiger partial charge in [0.2, 0.25) is 8.32 Å².